The Kier molecular flexibility index (Phi) is 19.7. The van der Waals surface area contributed by atoms with Crippen molar-refractivity contribution in [2.45, 2.75) is 167 Å². The van der Waals surface area contributed by atoms with Gasteiger partial charge in [-0.1, -0.05) is 122 Å². The molecular formula is C27H56N2. The van der Waals surface area contributed by atoms with Crippen LogP contribution in [0, 0.1) is 0 Å². The lowest BCUT2D eigenvalue weighted by Crippen LogP contribution is -2.40. The van der Waals surface area contributed by atoms with Crippen molar-refractivity contribution in [1.82, 2.24) is 5.32 Å². The Bertz CT molecular complexity index is 276. The highest BCUT2D eigenvalue weighted by atomic mass is 14.9. The largest absolute Gasteiger partial charge is 0.330 e. The first-order chi connectivity index (χ1) is 14.4. The molecule has 174 valence electrons. The maximum absolute atomic E-state index is 5.46. The SMILES string of the molecule is C1CCC(NC2CCCCC2)CC1.CCCCCCCCCCCCCCCN. The molecule has 2 fully saturated rings. The molecule has 0 atom stereocenters. The van der Waals surface area contributed by atoms with Crippen LogP contribution in [0.15, 0.2) is 0 Å². The summed E-state index contributed by atoms with van der Waals surface area (Å²) in [5, 5.41) is 3.86. The first-order valence-electron chi connectivity index (χ1n) is 13.8. The minimum Gasteiger partial charge on any atom is -0.330 e. The zero-order valence-corrected chi connectivity index (χ0v) is 20.2. The van der Waals surface area contributed by atoms with Crippen LogP contribution in [0.25, 0.3) is 0 Å². The maximum atomic E-state index is 5.46. The fourth-order valence-electron chi connectivity index (χ4n) is 5.03. The summed E-state index contributed by atoms with van der Waals surface area (Å²) in [4.78, 5) is 0. The van der Waals surface area contributed by atoms with E-state index in [1.165, 1.54) is 148 Å². The Morgan fingerprint density at radius 1 is 0.517 bits per heavy atom. The third-order valence-corrected chi connectivity index (χ3v) is 6.99. The minimum atomic E-state index is 0.872. The maximum Gasteiger partial charge on any atom is 0.00696 e. The van der Waals surface area contributed by atoms with Crippen molar-refractivity contribution < 1.29 is 0 Å². The highest BCUT2D eigenvalue weighted by Crippen LogP contribution is 2.22. The Balaban J connectivity index is 0.000000294. The van der Waals surface area contributed by atoms with Crippen LogP contribution in [0.4, 0.5) is 0 Å². The van der Waals surface area contributed by atoms with Gasteiger partial charge in [0.1, 0.15) is 0 Å². The van der Waals surface area contributed by atoms with Gasteiger partial charge in [0.25, 0.3) is 0 Å². The second kappa shape index (κ2) is 21.2. The predicted octanol–water partition coefficient (Wildman–Crippen LogP) is 8.28. The summed E-state index contributed by atoms with van der Waals surface area (Å²) in [6.07, 6.45) is 33.0. The van der Waals surface area contributed by atoms with Crippen molar-refractivity contribution in [3.8, 4) is 0 Å². The highest BCUT2D eigenvalue weighted by molar-refractivity contribution is 4.79. The lowest BCUT2D eigenvalue weighted by atomic mass is 9.91. The topological polar surface area (TPSA) is 38.0 Å². The standard InChI is InChI=1S/C15H33N.C12H23N/c1-2-3-4-5-6-7-8-9-10-11-12-13-14-15-16;1-3-7-11(8-4-1)13-12-9-5-2-6-10-12/h2-16H2,1H3;11-13H,1-10H2. The molecule has 0 unspecified atom stereocenters. The minimum absolute atomic E-state index is 0.872. The molecule has 0 aromatic rings. The molecule has 0 bridgehead atoms. The monoisotopic (exact) mass is 408 g/mol. The fourth-order valence-corrected chi connectivity index (χ4v) is 5.03. The molecule has 0 aliphatic heterocycles. The van der Waals surface area contributed by atoms with Crippen molar-refractivity contribution in [1.29, 1.82) is 0 Å². The quantitative estimate of drug-likeness (QED) is 0.267. The second-order valence-corrected chi connectivity index (χ2v) is 9.87. The molecule has 0 amide bonds. The molecule has 2 nitrogen and oxygen atoms in total. The molecule has 2 saturated carbocycles. The first kappa shape index (κ1) is 27.0. The summed E-state index contributed by atoms with van der Waals surface area (Å²) in [7, 11) is 0. The average Bonchev–Trinajstić information content (AvgIpc) is 2.76. The summed E-state index contributed by atoms with van der Waals surface area (Å²) in [6.45, 7) is 3.16. The molecule has 2 heteroatoms. The van der Waals surface area contributed by atoms with E-state index < -0.39 is 0 Å². The first-order valence-corrected chi connectivity index (χ1v) is 13.8. The third-order valence-electron chi connectivity index (χ3n) is 6.99. The molecule has 0 saturated heterocycles. The van der Waals surface area contributed by atoms with Gasteiger partial charge in [-0.25, -0.2) is 0 Å². The normalized spacial score (nSPS) is 18.4. The van der Waals surface area contributed by atoms with Crippen LogP contribution >= 0.6 is 0 Å². The molecular weight excluding hydrogens is 352 g/mol. The summed E-state index contributed by atoms with van der Waals surface area (Å²) in [6, 6.07) is 1.74. The van der Waals surface area contributed by atoms with E-state index in [1.807, 2.05) is 0 Å². The zero-order valence-electron chi connectivity index (χ0n) is 20.2. The molecule has 0 heterocycles. The van der Waals surface area contributed by atoms with Gasteiger partial charge in [0.15, 0.2) is 0 Å². The van der Waals surface area contributed by atoms with E-state index >= 15 is 0 Å². The van der Waals surface area contributed by atoms with E-state index in [-0.39, 0.29) is 0 Å². The molecule has 2 rings (SSSR count). The molecule has 2 aliphatic rings. The molecule has 2 aliphatic carbocycles. The van der Waals surface area contributed by atoms with Crippen LogP contribution in [-0.2, 0) is 0 Å². The number of hydrogen-bond donors (Lipinski definition) is 2. The highest BCUT2D eigenvalue weighted by Gasteiger charge is 2.19. The molecule has 0 spiro atoms. The summed E-state index contributed by atoms with van der Waals surface area (Å²) >= 11 is 0. The Hall–Kier alpha value is -0.0800. The molecule has 0 aromatic carbocycles. The van der Waals surface area contributed by atoms with Crippen molar-refractivity contribution in [3.05, 3.63) is 0 Å². The van der Waals surface area contributed by atoms with E-state index in [9.17, 15) is 0 Å². The van der Waals surface area contributed by atoms with Crippen molar-refractivity contribution >= 4 is 0 Å². The smallest absolute Gasteiger partial charge is 0.00696 e. The lowest BCUT2D eigenvalue weighted by molar-refractivity contribution is 0.291. The Morgan fingerprint density at radius 2 is 0.862 bits per heavy atom. The van der Waals surface area contributed by atoms with E-state index in [1.54, 1.807) is 0 Å². The van der Waals surface area contributed by atoms with Gasteiger partial charge in [0.2, 0.25) is 0 Å². The van der Waals surface area contributed by atoms with Crippen molar-refractivity contribution in [3.63, 3.8) is 0 Å². The van der Waals surface area contributed by atoms with E-state index in [0.717, 1.165) is 18.6 Å². The van der Waals surface area contributed by atoms with Gasteiger partial charge >= 0.3 is 0 Å². The van der Waals surface area contributed by atoms with Gasteiger partial charge in [0, 0.05) is 12.1 Å². The summed E-state index contributed by atoms with van der Waals surface area (Å²) in [5.74, 6) is 0. The van der Waals surface area contributed by atoms with Gasteiger partial charge in [-0.15, -0.1) is 0 Å². The van der Waals surface area contributed by atoms with Crippen LogP contribution in [0.1, 0.15) is 155 Å². The zero-order chi connectivity index (χ0) is 20.8. The van der Waals surface area contributed by atoms with Crippen molar-refractivity contribution in [2.75, 3.05) is 6.54 Å². The number of nitrogens with two attached hydrogens (primary N) is 1. The lowest BCUT2D eigenvalue weighted by Gasteiger charge is -2.30. The summed E-state index contributed by atoms with van der Waals surface area (Å²) in [5.41, 5.74) is 5.46. The van der Waals surface area contributed by atoms with Crippen LogP contribution in [-0.4, -0.2) is 18.6 Å². The fraction of sp³-hybridized carbons (Fsp3) is 1.00. The van der Waals surface area contributed by atoms with Crippen molar-refractivity contribution in [2.24, 2.45) is 5.73 Å². The molecule has 3 N–H and O–H groups in total. The van der Waals surface area contributed by atoms with E-state index in [0.29, 0.717) is 0 Å². The number of rotatable bonds is 15. The third kappa shape index (κ3) is 17.3. The Morgan fingerprint density at radius 3 is 1.21 bits per heavy atom. The predicted molar refractivity (Wildman–Crippen MR) is 132 cm³/mol. The average molecular weight is 409 g/mol. The number of unbranched alkanes of at least 4 members (excludes halogenated alkanes) is 12. The van der Waals surface area contributed by atoms with Gasteiger partial charge in [0.05, 0.1) is 0 Å². The Labute approximate surface area is 184 Å². The van der Waals surface area contributed by atoms with Gasteiger partial charge in [-0.2, -0.15) is 0 Å². The number of nitrogens with one attached hydrogen (secondary N) is 1. The van der Waals surface area contributed by atoms with Gasteiger partial charge in [-0.3, -0.25) is 0 Å². The van der Waals surface area contributed by atoms with E-state index in [4.69, 9.17) is 5.73 Å². The van der Waals surface area contributed by atoms with Crippen LogP contribution < -0.4 is 11.1 Å². The van der Waals surface area contributed by atoms with Crippen LogP contribution in [0.2, 0.25) is 0 Å². The van der Waals surface area contributed by atoms with Crippen LogP contribution in [0.5, 0.6) is 0 Å². The van der Waals surface area contributed by atoms with E-state index in [2.05, 4.69) is 12.2 Å². The summed E-state index contributed by atoms with van der Waals surface area (Å²) < 4.78 is 0. The molecule has 29 heavy (non-hydrogen) atoms. The number of hydrogen-bond acceptors (Lipinski definition) is 2. The molecule has 0 aromatic heterocycles. The van der Waals surface area contributed by atoms with Gasteiger partial charge < -0.3 is 11.1 Å². The van der Waals surface area contributed by atoms with Crippen LogP contribution in [0.3, 0.4) is 0 Å². The second-order valence-electron chi connectivity index (χ2n) is 9.87. The molecule has 0 radical (unpaired) electrons. The van der Waals surface area contributed by atoms with Gasteiger partial charge in [-0.05, 0) is 38.6 Å².